The van der Waals surface area contributed by atoms with Gasteiger partial charge in [-0.15, -0.1) is 11.3 Å². The van der Waals surface area contributed by atoms with E-state index in [1.165, 1.54) is 18.3 Å². The number of nitrogens with one attached hydrogen (secondary N) is 2. The van der Waals surface area contributed by atoms with Crippen molar-refractivity contribution in [1.29, 1.82) is 0 Å². The van der Waals surface area contributed by atoms with Crippen LogP contribution in [0.15, 0.2) is 36.7 Å². The number of anilines is 1. The van der Waals surface area contributed by atoms with E-state index in [9.17, 15) is 9.59 Å². The molecule has 128 valence electrons. The van der Waals surface area contributed by atoms with Crippen LogP contribution >= 0.6 is 11.3 Å². The van der Waals surface area contributed by atoms with Crippen molar-refractivity contribution < 1.29 is 14.3 Å². The maximum Gasteiger partial charge on any atom is 0.243 e. The minimum Gasteiger partial charge on any atom is -0.497 e. The summed E-state index contributed by atoms with van der Waals surface area (Å²) in [6, 6.07) is 7.39. The third-order valence-corrected chi connectivity index (χ3v) is 4.49. The summed E-state index contributed by atoms with van der Waals surface area (Å²) in [5.41, 5.74) is 2.13. The predicted molar refractivity (Wildman–Crippen MR) is 96.7 cm³/mol. The molecule has 2 aromatic heterocycles. The quantitative estimate of drug-likeness (QED) is 0.732. The molecular formula is C17H16N4O3S. The summed E-state index contributed by atoms with van der Waals surface area (Å²) in [4.78, 5) is 31.6. The summed E-state index contributed by atoms with van der Waals surface area (Å²) < 4.78 is 6.23. The first-order valence-corrected chi connectivity index (χ1v) is 8.31. The van der Waals surface area contributed by atoms with Crippen molar-refractivity contribution in [2.45, 2.75) is 6.92 Å². The third kappa shape index (κ3) is 3.92. The first-order chi connectivity index (χ1) is 12.1. The first kappa shape index (κ1) is 16.8. The van der Waals surface area contributed by atoms with Crippen LogP contribution in [0.5, 0.6) is 5.75 Å². The number of hydrogen-bond acceptors (Lipinski definition) is 6. The number of fused-ring (bicyclic) bond motifs is 1. The molecule has 0 spiro atoms. The summed E-state index contributed by atoms with van der Waals surface area (Å²) in [5.74, 6) is 0.162. The number of thiazole rings is 1. The van der Waals surface area contributed by atoms with Gasteiger partial charge in [-0.2, -0.15) is 0 Å². The lowest BCUT2D eigenvalue weighted by atomic mass is 10.2. The van der Waals surface area contributed by atoms with Gasteiger partial charge in [-0.05, 0) is 18.2 Å². The van der Waals surface area contributed by atoms with Crippen molar-refractivity contribution in [3.8, 4) is 16.3 Å². The van der Waals surface area contributed by atoms with Crippen molar-refractivity contribution >= 4 is 39.1 Å². The molecule has 0 atom stereocenters. The topological polar surface area (TPSA) is 93.2 Å². The van der Waals surface area contributed by atoms with Crippen LogP contribution in [-0.2, 0) is 9.59 Å². The van der Waals surface area contributed by atoms with Crippen molar-refractivity contribution in [2.75, 3.05) is 19.0 Å². The zero-order chi connectivity index (χ0) is 17.8. The van der Waals surface area contributed by atoms with Gasteiger partial charge in [0.1, 0.15) is 10.8 Å². The molecule has 0 fully saturated rings. The molecule has 0 radical (unpaired) electrons. The molecular weight excluding hydrogens is 340 g/mol. The highest BCUT2D eigenvalue weighted by Gasteiger charge is 2.13. The molecule has 0 saturated carbocycles. The molecule has 0 bridgehead atoms. The number of methoxy groups -OCH3 is 1. The van der Waals surface area contributed by atoms with Crippen molar-refractivity contribution in [2.24, 2.45) is 0 Å². The van der Waals surface area contributed by atoms with Gasteiger partial charge in [0.05, 0.1) is 35.1 Å². The van der Waals surface area contributed by atoms with E-state index in [2.05, 4.69) is 20.6 Å². The van der Waals surface area contributed by atoms with Crippen LogP contribution in [-0.4, -0.2) is 35.4 Å². The maximum absolute atomic E-state index is 12.0. The first-order valence-electron chi connectivity index (χ1n) is 7.50. The number of pyridine rings is 1. The highest BCUT2D eigenvalue weighted by Crippen LogP contribution is 2.35. The van der Waals surface area contributed by atoms with Gasteiger partial charge in [-0.3, -0.25) is 14.6 Å². The van der Waals surface area contributed by atoms with Gasteiger partial charge in [0.2, 0.25) is 11.8 Å². The van der Waals surface area contributed by atoms with Gasteiger partial charge < -0.3 is 15.4 Å². The summed E-state index contributed by atoms with van der Waals surface area (Å²) in [6.07, 6.45) is 3.25. The standard InChI is InChI=1S/C17H16N4O3S/c1-10(22)19-9-16(23)20-13-5-6-18-8-12(13)17-21-14-7-11(24-2)3-4-15(14)25-17/h3-8H,9H2,1-2H3,(H,19,22)(H,18,20,23). The van der Waals surface area contributed by atoms with Gasteiger partial charge in [-0.1, -0.05) is 0 Å². The molecule has 0 aliphatic rings. The number of aromatic nitrogens is 2. The highest BCUT2D eigenvalue weighted by molar-refractivity contribution is 7.21. The van der Waals surface area contributed by atoms with Crippen molar-refractivity contribution in [3.63, 3.8) is 0 Å². The van der Waals surface area contributed by atoms with Crippen LogP contribution in [0.4, 0.5) is 5.69 Å². The molecule has 2 N–H and O–H groups in total. The number of benzene rings is 1. The molecule has 0 aliphatic carbocycles. The molecule has 0 saturated heterocycles. The fraction of sp³-hybridized carbons (Fsp3) is 0.176. The number of ether oxygens (including phenoxy) is 1. The molecule has 2 heterocycles. The van der Waals surface area contributed by atoms with Crippen LogP contribution < -0.4 is 15.4 Å². The number of nitrogens with zero attached hydrogens (tertiary/aromatic N) is 2. The van der Waals surface area contributed by atoms with Gasteiger partial charge in [-0.25, -0.2) is 4.98 Å². The van der Waals surface area contributed by atoms with E-state index in [1.54, 1.807) is 25.6 Å². The number of amides is 2. The lowest BCUT2D eigenvalue weighted by Crippen LogP contribution is -2.31. The average molecular weight is 356 g/mol. The predicted octanol–water partition coefficient (Wildman–Crippen LogP) is 2.44. The zero-order valence-corrected chi connectivity index (χ0v) is 14.5. The third-order valence-electron chi connectivity index (χ3n) is 3.42. The van der Waals surface area contributed by atoms with E-state index < -0.39 is 0 Å². The lowest BCUT2D eigenvalue weighted by Gasteiger charge is -2.09. The SMILES string of the molecule is COc1ccc2sc(-c3cnccc3NC(=O)CNC(C)=O)nc2c1. The Morgan fingerprint density at radius 3 is 2.88 bits per heavy atom. The number of hydrogen-bond donors (Lipinski definition) is 2. The Morgan fingerprint density at radius 2 is 2.12 bits per heavy atom. The Morgan fingerprint density at radius 1 is 1.28 bits per heavy atom. The zero-order valence-electron chi connectivity index (χ0n) is 13.7. The van der Waals surface area contributed by atoms with Gasteiger partial charge in [0, 0.05) is 25.4 Å². The number of carbonyl (C=O) groups is 2. The minimum atomic E-state index is -0.314. The van der Waals surface area contributed by atoms with Gasteiger partial charge in [0.15, 0.2) is 0 Å². The lowest BCUT2D eigenvalue weighted by molar-refractivity contribution is -0.122. The van der Waals surface area contributed by atoms with E-state index in [4.69, 9.17) is 4.74 Å². The van der Waals surface area contributed by atoms with Crippen molar-refractivity contribution in [3.05, 3.63) is 36.7 Å². The van der Waals surface area contributed by atoms with Crippen LogP contribution in [0.25, 0.3) is 20.8 Å². The Balaban J connectivity index is 1.90. The Labute approximate surface area is 148 Å². The molecule has 3 aromatic rings. The Hall–Kier alpha value is -3.00. The summed E-state index contributed by atoms with van der Waals surface area (Å²) in [5, 5.41) is 5.99. The van der Waals surface area contributed by atoms with Crippen LogP contribution in [0.1, 0.15) is 6.92 Å². The van der Waals surface area contributed by atoms with Crippen LogP contribution in [0.3, 0.4) is 0 Å². The van der Waals surface area contributed by atoms with E-state index >= 15 is 0 Å². The van der Waals surface area contributed by atoms with E-state index in [0.717, 1.165) is 26.5 Å². The molecule has 1 aromatic carbocycles. The second kappa shape index (κ2) is 7.27. The van der Waals surface area contributed by atoms with Crippen molar-refractivity contribution in [1.82, 2.24) is 15.3 Å². The van der Waals surface area contributed by atoms with Crippen LogP contribution in [0.2, 0.25) is 0 Å². The Bertz CT molecular complexity index is 939. The average Bonchev–Trinajstić information content (AvgIpc) is 3.03. The van der Waals surface area contributed by atoms with Gasteiger partial charge in [0.25, 0.3) is 0 Å². The molecule has 3 rings (SSSR count). The smallest absolute Gasteiger partial charge is 0.243 e. The number of rotatable bonds is 5. The normalized spacial score (nSPS) is 10.5. The fourth-order valence-corrected chi connectivity index (χ4v) is 3.19. The van der Waals surface area contributed by atoms with E-state index in [1.807, 2.05) is 18.2 Å². The number of carbonyl (C=O) groups excluding carboxylic acids is 2. The largest absolute Gasteiger partial charge is 0.497 e. The van der Waals surface area contributed by atoms with E-state index in [-0.39, 0.29) is 18.4 Å². The summed E-state index contributed by atoms with van der Waals surface area (Å²) in [7, 11) is 1.61. The minimum absolute atomic E-state index is 0.0891. The summed E-state index contributed by atoms with van der Waals surface area (Å²) in [6.45, 7) is 1.27. The molecule has 0 unspecified atom stereocenters. The molecule has 8 heteroatoms. The molecule has 7 nitrogen and oxygen atoms in total. The molecule has 2 amide bonds. The van der Waals surface area contributed by atoms with Gasteiger partial charge >= 0.3 is 0 Å². The molecule has 25 heavy (non-hydrogen) atoms. The molecule has 0 aliphatic heterocycles. The highest BCUT2D eigenvalue weighted by atomic mass is 32.1. The summed E-state index contributed by atoms with van der Waals surface area (Å²) >= 11 is 1.50. The van der Waals surface area contributed by atoms with E-state index in [0.29, 0.717) is 5.69 Å². The second-order valence-corrected chi connectivity index (χ2v) is 6.26. The monoisotopic (exact) mass is 356 g/mol. The maximum atomic E-state index is 12.0. The second-order valence-electron chi connectivity index (χ2n) is 5.23. The fourth-order valence-electron chi connectivity index (χ4n) is 2.22. The van der Waals surface area contributed by atoms with Crippen LogP contribution in [0, 0.1) is 0 Å². The Kier molecular flexibility index (Phi) is 4.90.